The highest BCUT2D eigenvalue weighted by atomic mass is 15.0. The van der Waals surface area contributed by atoms with Crippen molar-refractivity contribution in [1.82, 2.24) is 24.5 Å². The molecule has 51 heavy (non-hydrogen) atoms. The van der Waals surface area contributed by atoms with Gasteiger partial charge in [-0.25, -0.2) is 19.9 Å². The van der Waals surface area contributed by atoms with Gasteiger partial charge in [0.2, 0.25) is 0 Å². The average molecular weight is 652 g/mol. The van der Waals surface area contributed by atoms with Crippen LogP contribution in [0.4, 0.5) is 0 Å². The first-order valence-electron chi connectivity index (χ1n) is 17.1. The number of nitrogens with zero attached hydrogens (tertiary/aromatic N) is 5. The minimum atomic E-state index is 0.633. The first-order valence-corrected chi connectivity index (χ1v) is 17.1. The fourth-order valence-corrected chi connectivity index (χ4v) is 7.34. The Morgan fingerprint density at radius 3 is 1.53 bits per heavy atom. The number of fused-ring (bicyclic) bond motifs is 6. The molecule has 0 atom stereocenters. The van der Waals surface area contributed by atoms with Crippen molar-refractivity contribution in [3.05, 3.63) is 176 Å². The van der Waals surface area contributed by atoms with Gasteiger partial charge in [0.25, 0.3) is 0 Å². The summed E-state index contributed by atoms with van der Waals surface area (Å²) >= 11 is 0. The molecule has 10 aromatic rings. The Hall–Kier alpha value is -6.98. The summed E-state index contributed by atoms with van der Waals surface area (Å²) in [5.41, 5.74) is 9.20. The minimum absolute atomic E-state index is 0.633. The van der Waals surface area contributed by atoms with E-state index < -0.39 is 0 Å². The summed E-state index contributed by atoms with van der Waals surface area (Å²) in [6.45, 7) is 0. The topological polar surface area (TPSA) is 56.5 Å². The Balaban J connectivity index is 1.28. The van der Waals surface area contributed by atoms with E-state index >= 15 is 0 Å². The van der Waals surface area contributed by atoms with Gasteiger partial charge in [0.05, 0.1) is 27.9 Å². The van der Waals surface area contributed by atoms with Crippen molar-refractivity contribution in [3.8, 4) is 51.1 Å². The van der Waals surface area contributed by atoms with E-state index in [1.807, 2.05) is 60.7 Å². The van der Waals surface area contributed by atoms with Crippen LogP contribution < -0.4 is 0 Å². The lowest BCUT2D eigenvalue weighted by Gasteiger charge is -2.16. The third kappa shape index (κ3) is 4.78. The van der Waals surface area contributed by atoms with Crippen LogP contribution in [0, 0.1) is 0 Å². The van der Waals surface area contributed by atoms with E-state index in [1.54, 1.807) is 0 Å². The third-order valence-corrected chi connectivity index (χ3v) is 9.63. The Kier molecular flexibility index (Phi) is 6.74. The molecule has 0 saturated heterocycles. The van der Waals surface area contributed by atoms with Gasteiger partial charge in [0.15, 0.2) is 17.5 Å². The van der Waals surface area contributed by atoms with Crippen molar-refractivity contribution in [1.29, 1.82) is 0 Å². The van der Waals surface area contributed by atoms with Gasteiger partial charge in [-0.3, -0.25) is 0 Å². The van der Waals surface area contributed by atoms with Crippen molar-refractivity contribution in [2.45, 2.75) is 0 Å². The lowest BCUT2D eigenvalue weighted by molar-refractivity contribution is 1.08. The van der Waals surface area contributed by atoms with Crippen LogP contribution in [0.15, 0.2) is 176 Å². The van der Waals surface area contributed by atoms with Crippen molar-refractivity contribution in [2.24, 2.45) is 0 Å². The molecule has 0 aliphatic rings. The van der Waals surface area contributed by atoms with Crippen molar-refractivity contribution >= 4 is 43.5 Å². The molecule has 3 aromatic heterocycles. The standard InChI is InChI=1S/C46H29N5/c1-4-16-30(17-5-1)42-41-37-25-13-15-27-39(37)51(43(41)36-24-12-14-26-38(36)47-42)40-29-28-35(33-22-10-11-23-34(33)40)46-49-44(31-18-6-2-7-19-31)48-45(50-46)32-20-8-3-9-21-32/h1-29H. The average Bonchev–Trinajstić information content (AvgIpc) is 3.56. The zero-order chi connectivity index (χ0) is 33.7. The first-order chi connectivity index (χ1) is 25.3. The number of rotatable bonds is 5. The number of hydrogen-bond acceptors (Lipinski definition) is 4. The Bertz CT molecular complexity index is 2840. The number of aromatic nitrogens is 5. The maximum Gasteiger partial charge on any atom is 0.164 e. The zero-order valence-electron chi connectivity index (χ0n) is 27.5. The van der Waals surface area contributed by atoms with Crippen LogP contribution in [0.1, 0.15) is 0 Å². The second kappa shape index (κ2) is 11.9. The molecule has 0 radical (unpaired) electrons. The molecule has 10 rings (SSSR count). The summed E-state index contributed by atoms with van der Waals surface area (Å²) in [5.74, 6) is 1.92. The van der Waals surface area contributed by atoms with E-state index in [4.69, 9.17) is 19.9 Å². The van der Waals surface area contributed by atoms with Crippen LogP contribution in [-0.2, 0) is 0 Å². The van der Waals surface area contributed by atoms with Crippen LogP contribution in [-0.4, -0.2) is 24.5 Å². The summed E-state index contributed by atoms with van der Waals surface area (Å²) in [6, 6.07) is 60.8. The molecule has 238 valence electrons. The highest BCUT2D eigenvalue weighted by molar-refractivity contribution is 6.23. The van der Waals surface area contributed by atoms with Crippen LogP contribution >= 0.6 is 0 Å². The van der Waals surface area contributed by atoms with Gasteiger partial charge in [-0.05, 0) is 29.7 Å². The molecule has 5 heteroatoms. The van der Waals surface area contributed by atoms with Gasteiger partial charge in [-0.15, -0.1) is 0 Å². The molecule has 0 amide bonds. The number of benzene rings is 7. The van der Waals surface area contributed by atoms with Gasteiger partial charge in [-0.1, -0.05) is 152 Å². The normalized spacial score (nSPS) is 11.5. The van der Waals surface area contributed by atoms with Crippen LogP contribution in [0.3, 0.4) is 0 Å². The molecule has 5 nitrogen and oxygen atoms in total. The maximum absolute atomic E-state index is 5.28. The fraction of sp³-hybridized carbons (Fsp3) is 0. The van der Waals surface area contributed by atoms with E-state index in [-0.39, 0.29) is 0 Å². The molecule has 0 spiro atoms. The second-order valence-corrected chi connectivity index (χ2v) is 12.6. The third-order valence-electron chi connectivity index (χ3n) is 9.63. The fourth-order valence-electron chi connectivity index (χ4n) is 7.34. The largest absolute Gasteiger partial charge is 0.308 e. The number of pyridine rings is 1. The Morgan fingerprint density at radius 2 is 0.863 bits per heavy atom. The van der Waals surface area contributed by atoms with E-state index in [2.05, 4.69) is 120 Å². The van der Waals surface area contributed by atoms with Gasteiger partial charge in [0.1, 0.15) is 0 Å². The molecule has 0 N–H and O–H groups in total. The van der Waals surface area contributed by atoms with Gasteiger partial charge in [0, 0.05) is 43.8 Å². The number of para-hydroxylation sites is 2. The minimum Gasteiger partial charge on any atom is -0.308 e. The quantitative estimate of drug-likeness (QED) is 0.186. The number of hydrogen-bond donors (Lipinski definition) is 0. The monoisotopic (exact) mass is 651 g/mol. The van der Waals surface area contributed by atoms with Crippen molar-refractivity contribution in [3.63, 3.8) is 0 Å². The molecule has 0 unspecified atom stereocenters. The van der Waals surface area contributed by atoms with E-state index in [0.29, 0.717) is 17.5 Å². The summed E-state index contributed by atoms with van der Waals surface area (Å²) in [7, 11) is 0. The van der Waals surface area contributed by atoms with Crippen molar-refractivity contribution < 1.29 is 0 Å². The summed E-state index contributed by atoms with van der Waals surface area (Å²) in [6.07, 6.45) is 0. The van der Waals surface area contributed by atoms with E-state index in [9.17, 15) is 0 Å². The summed E-state index contributed by atoms with van der Waals surface area (Å²) in [5, 5.41) is 5.57. The molecular weight excluding hydrogens is 623 g/mol. The van der Waals surface area contributed by atoms with Crippen molar-refractivity contribution in [2.75, 3.05) is 0 Å². The molecule has 0 aliphatic heterocycles. The molecule has 0 bridgehead atoms. The molecule has 0 aliphatic carbocycles. The predicted molar refractivity (Wildman–Crippen MR) is 209 cm³/mol. The van der Waals surface area contributed by atoms with Crippen LogP contribution in [0.2, 0.25) is 0 Å². The summed E-state index contributed by atoms with van der Waals surface area (Å²) in [4.78, 5) is 20.4. The van der Waals surface area contributed by atoms with E-state index in [1.165, 1.54) is 0 Å². The maximum atomic E-state index is 5.28. The Morgan fingerprint density at radius 1 is 0.353 bits per heavy atom. The lowest BCUT2D eigenvalue weighted by atomic mass is 10.0. The van der Waals surface area contributed by atoms with E-state index in [0.717, 1.165) is 77.1 Å². The van der Waals surface area contributed by atoms with Crippen LogP contribution in [0.25, 0.3) is 94.6 Å². The molecule has 7 aromatic carbocycles. The Labute approximate surface area is 294 Å². The molecule has 3 heterocycles. The zero-order valence-corrected chi connectivity index (χ0v) is 27.5. The molecule has 0 fully saturated rings. The molecule has 0 saturated carbocycles. The second-order valence-electron chi connectivity index (χ2n) is 12.6. The smallest absolute Gasteiger partial charge is 0.164 e. The van der Waals surface area contributed by atoms with Gasteiger partial charge in [-0.2, -0.15) is 0 Å². The molecular formula is C46H29N5. The van der Waals surface area contributed by atoms with Crippen LogP contribution in [0.5, 0.6) is 0 Å². The predicted octanol–water partition coefficient (Wildman–Crippen LogP) is 11.3. The highest BCUT2D eigenvalue weighted by Gasteiger charge is 2.22. The lowest BCUT2D eigenvalue weighted by Crippen LogP contribution is -2.02. The summed E-state index contributed by atoms with van der Waals surface area (Å²) < 4.78 is 2.42. The highest BCUT2D eigenvalue weighted by Crippen LogP contribution is 2.43. The first kappa shape index (κ1) is 29.0. The van der Waals surface area contributed by atoms with Gasteiger partial charge < -0.3 is 4.57 Å². The SMILES string of the molecule is c1ccc(-c2nc(-c3ccccc3)nc(-c3ccc(-n4c5ccccc5c5c(-c6ccccc6)nc6ccccc6c54)c4ccccc34)n2)cc1. The van der Waals surface area contributed by atoms with Gasteiger partial charge >= 0.3 is 0 Å².